The largest absolute Gasteiger partial charge is 0.509 e. The maximum Gasteiger partial charge on any atom is 0.135 e. The molecule has 0 spiro atoms. The minimum atomic E-state index is -1.47. The van der Waals surface area contributed by atoms with E-state index in [2.05, 4.69) is 211 Å². The van der Waals surface area contributed by atoms with Crippen LogP contribution in [0.5, 0.6) is 11.5 Å². The summed E-state index contributed by atoms with van der Waals surface area (Å²) in [6, 6.07) is 49.1. The SMILES string of the molecule is Cc1cc(C)c(-c2cc(Oc3[c-]c4c(cc3)c3cccc(-c5ccc([Si](C)(C)C)cc5)c3n4-c3cc(C(C)(C)C)ccn3)[c-]c(N3[CH-]N(C)c4ccccc43)c2)c(C)c1.[Pt]. The van der Waals surface area contributed by atoms with Crippen LogP contribution in [0.1, 0.15) is 43.0 Å². The first kappa shape index (κ1) is 41.3. The third kappa shape index (κ3) is 7.50. The molecular weight excluding hydrogens is 932 g/mol. The Morgan fingerprint density at radius 1 is 0.700 bits per heavy atom. The number of rotatable bonds is 7. The Bertz CT molecular complexity index is 2900. The Hall–Kier alpha value is -5.42. The fourth-order valence-corrected chi connectivity index (χ4v) is 9.88. The third-order valence-electron chi connectivity index (χ3n) is 11.7. The number of nitrogens with zero attached hydrogens (tertiary/aromatic N) is 4. The molecule has 9 rings (SSSR count). The standard InChI is InChI=1S/C53H51N4OSi.Pt/c1-34-26-35(2)51(36(3)27-34)38-28-40(56-33-55(7)47-16-11-12-17-48(47)56)31-42(29-38)58-41-20-23-45-46-15-13-14-44(37-18-21-43(22-19-37)59(8,9)10)52(46)57(49(45)32-41)50-30-39(24-25-54-50)53(4,5)6;/h11-30,33H,1-10H3;/q-3;. The molecule has 0 saturated carbocycles. The first-order valence-electron chi connectivity index (χ1n) is 20.5. The summed E-state index contributed by atoms with van der Waals surface area (Å²) in [5.41, 5.74) is 14.6. The van der Waals surface area contributed by atoms with E-state index in [9.17, 15) is 0 Å². The molecule has 306 valence electrons. The van der Waals surface area contributed by atoms with Crippen molar-refractivity contribution >= 4 is 52.1 Å². The molecule has 0 amide bonds. The van der Waals surface area contributed by atoms with Gasteiger partial charge in [0.15, 0.2) is 0 Å². The molecule has 0 bridgehead atoms. The van der Waals surface area contributed by atoms with Crippen LogP contribution < -0.4 is 19.7 Å². The normalized spacial score (nSPS) is 12.9. The van der Waals surface area contributed by atoms with Gasteiger partial charge in [0.05, 0.1) is 8.07 Å². The van der Waals surface area contributed by atoms with Crippen molar-refractivity contribution in [3.05, 3.63) is 163 Å². The van der Waals surface area contributed by atoms with Crippen molar-refractivity contribution in [2.24, 2.45) is 0 Å². The second-order valence-corrected chi connectivity index (χ2v) is 23.3. The van der Waals surface area contributed by atoms with Crippen LogP contribution in [-0.2, 0) is 26.5 Å². The molecule has 0 aliphatic carbocycles. The first-order chi connectivity index (χ1) is 28.1. The Balaban J connectivity index is 0.00000499. The van der Waals surface area contributed by atoms with Crippen LogP contribution >= 0.6 is 0 Å². The number of anilines is 3. The van der Waals surface area contributed by atoms with E-state index >= 15 is 0 Å². The summed E-state index contributed by atoms with van der Waals surface area (Å²) in [7, 11) is 0.613. The minimum absolute atomic E-state index is 0. The van der Waals surface area contributed by atoms with E-state index in [0.29, 0.717) is 11.5 Å². The third-order valence-corrected chi connectivity index (χ3v) is 13.7. The molecule has 0 atom stereocenters. The molecule has 60 heavy (non-hydrogen) atoms. The van der Waals surface area contributed by atoms with Crippen molar-refractivity contribution in [1.82, 2.24) is 9.55 Å². The molecule has 0 saturated heterocycles. The molecule has 8 aromatic rings. The van der Waals surface area contributed by atoms with Crippen LogP contribution in [0, 0.1) is 39.6 Å². The second-order valence-electron chi connectivity index (χ2n) is 18.2. The number of para-hydroxylation sites is 3. The van der Waals surface area contributed by atoms with Gasteiger partial charge in [-0.1, -0.05) is 123 Å². The van der Waals surface area contributed by atoms with E-state index in [0.717, 1.165) is 55.8 Å². The predicted octanol–water partition coefficient (Wildman–Crippen LogP) is 13.4. The van der Waals surface area contributed by atoms with Crippen molar-refractivity contribution in [3.8, 4) is 39.6 Å². The minimum Gasteiger partial charge on any atom is -0.509 e. The average molecular weight is 983 g/mol. The van der Waals surface area contributed by atoms with Gasteiger partial charge in [-0.25, -0.2) is 4.98 Å². The fraction of sp³-hybridized carbons (Fsp3) is 0.208. The fourth-order valence-electron chi connectivity index (χ4n) is 8.72. The molecule has 5 nitrogen and oxygen atoms in total. The number of hydrogen-bond acceptors (Lipinski definition) is 4. The monoisotopic (exact) mass is 982 g/mol. The number of fused-ring (bicyclic) bond motifs is 4. The Kier molecular flexibility index (Phi) is 10.7. The summed E-state index contributed by atoms with van der Waals surface area (Å²) < 4.78 is 9.18. The van der Waals surface area contributed by atoms with Gasteiger partial charge < -0.3 is 19.1 Å². The number of aromatic nitrogens is 2. The summed E-state index contributed by atoms with van der Waals surface area (Å²) in [5.74, 6) is 2.08. The molecule has 0 unspecified atom stereocenters. The molecule has 3 heterocycles. The van der Waals surface area contributed by atoms with Gasteiger partial charge in [0.2, 0.25) is 0 Å². The van der Waals surface area contributed by atoms with Gasteiger partial charge in [0.25, 0.3) is 0 Å². The Morgan fingerprint density at radius 3 is 2.12 bits per heavy atom. The van der Waals surface area contributed by atoms with Gasteiger partial charge in [0.1, 0.15) is 5.82 Å². The summed E-state index contributed by atoms with van der Waals surface area (Å²) in [5, 5.41) is 3.68. The molecular formula is C53H51N4OPtSi-3. The van der Waals surface area contributed by atoms with Crippen LogP contribution in [-0.4, -0.2) is 24.7 Å². The zero-order valence-electron chi connectivity index (χ0n) is 36.1. The number of pyridine rings is 1. The quantitative estimate of drug-likeness (QED) is 0.118. The maximum atomic E-state index is 6.90. The number of aryl methyl sites for hydroxylation is 3. The van der Waals surface area contributed by atoms with Gasteiger partial charge in [-0.3, -0.25) is 0 Å². The van der Waals surface area contributed by atoms with E-state index in [1.165, 1.54) is 38.6 Å². The van der Waals surface area contributed by atoms with Crippen LogP contribution in [0.4, 0.5) is 17.1 Å². The number of ether oxygens (including phenoxy) is 1. The summed E-state index contributed by atoms with van der Waals surface area (Å²) in [4.78, 5) is 9.37. The average Bonchev–Trinajstić information content (AvgIpc) is 3.71. The number of benzene rings is 6. The van der Waals surface area contributed by atoms with E-state index < -0.39 is 8.07 Å². The van der Waals surface area contributed by atoms with Crippen molar-refractivity contribution in [2.75, 3.05) is 16.8 Å². The van der Waals surface area contributed by atoms with Crippen molar-refractivity contribution in [2.45, 2.75) is 66.6 Å². The van der Waals surface area contributed by atoms with Crippen LogP contribution in [0.3, 0.4) is 0 Å². The smallest absolute Gasteiger partial charge is 0.135 e. The van der Waals surface area contributed by atoms with Crippen LogP contribution in [0.25, 0.3) is 49.9 Å². The predicted molar refractivity (Wildman–Crippen MR) is 251 cm³/mol. The van der Waals surface area contributed by atoms with E-state index in [-0.39, 0.29) is 26.5 Å². The van der Waals surface area contributed by atoms with Crippen molar-refractivity contribution in [1.29, 1.82) is 0 Å². The van der Waals surface area contributed by atoms with E-state index in [4.69, 9.17) is 9.72 Å². The number of hydrogen-bond donors (Lipinski definition) is 0. The molecule has 0 radical (unpaired) electrons. The van der Waals surface area contributed by atoms with Gasteiger partial charge in [-0.2, -0.15) is 12.7 Å². The molecule has 6 aromatic carbocycles. The molecule has 7 heteroatoms. The Morgan fingerprint density at radius 2 is 1.42 bits per heavy atom. The Labute approximate surface area is 370 Å². The maximum absolute atomic E-state index is 6.90. The molecule has 1 aliphatic rings. The first-order valence-corrected chi connectivity index (χ1v) is 24.0. The van der Waals surface area contributed by atoms with Crippen LogP contribution in [0.15, 0.2) is 121 Å². The summed E-state index contributed by atoms with van der Waals surface area (Å²) in [6.45, 7) is 22.6. The molecule has 0 N–H and O–H groups in total. The molecule has 0 fully saturated rings. The molecule has 2 aromatic heterocycles. The van der Waals surface area contributed by atoms with Gasteiger partial charge >= 0.3 is 0 Å². The zero-order valence-corrected chi connectivity index (χ0v) is 39.4. The van der Waals surface area contributed by atoms with Gasteiger partial charge in [0, 0.05) is 61.2 Å². The van der Waals surface area contributed by atoms with Gasteiger partial charge in [-0.15, -0.1) is 47.0 Å². The summed E-state index contributed by atoms with van der Waals surface area (Å²) >= 11 is 0. The van der Waals surface area contributed by atoms with Crippen molar-refractivity contribution in [3.63, 3.8) is 0 Å². The second kappa shape index (κ2) is 15.6. The van der Waals surface area contributed by atoms with Gasteiger partial charge in [-0.05, 0) is 90.7 Å². The topological polar surface area (TPSA) is 33.5 Å². The van der Waals surface area contributed by atoms with Crippen LogP contribution in [0.2, 0.25) is 19.6 Å². The summed E-state index contributed by atoms with van der Waals surface area (Å²) in [6.07, 6.45) is 1.93. The van der Waals surface area contributed by atoms with Crippen molar-refractivity contribution < 1.29 is 25.8 Å². The molecule has 1 aliphatic heterocycles. The zero-order chi connectivity index (χ0) is 41.4. The van der Waals surface area contributed by atoms with E-state index in [1.54, 1.807) is 0 Å². The van der Waals surface area contributed by atoms with E-state index in [1.807, 2.05) is 12.3 Å².